The predicted octanol–water partition coefficient (Wildman–Crippen LogP) is 2.19. The third-order valence-corrected chi connectivity index (χ3v) is 4.43. The van der Waals surface area contributed by atoms with E-state index >= 15 is 0 Å². The number of aromatic nitrogens is 2. The van der Waals surface area contributed by atoms with Gasteiger partial charge in [0.2, 0.25) is 11.6 Å². The summed E-state index contributed by atoms with van der Waals surface area (Å²) in [4.78, 5) is 23.0. The molecule has 1 aliphatic rings. The Labute approximate surface area is 158 Å². The monoisotopic (exact) mass is 373 g/mol. The Balaban J connectivity index is 1.79. The topological polar surface area (TPSA) is 83.0 Å². The Morgan fingerprint density at radius 1 is 1.11 bits per heavy atom. The second kappa shape index (κ2) is 8.57. The third kappa shape index (κ3) is 4.05. The van der Waals surface area contributed by atoms with Crippen LogP contribution in [0.15, 0.2) is 30.7 Å². The lowest BCUT2D eigenvalue weighted by Gasteiger charge is -2.33. The molecule has 0 spiro atoms. The number of ether oxygens (including phenoxy) is 4. The Morgan fingerprint density at radius 3 is 2.59 bits per heavy atom. The summed E-state index contributed by atoms with van der Waals surface area (Å²) in [6, 6.07) is 3.39. The molecule has 0 radical (unpaired) electrons. The molecule has 0 bridgehead atoms. The van der Waals surface area contributed by atoms with E-state index < -0.39 is 0 Å². The molecule has 1 aromatic heterocycles. The summed E-state index contributed by atoms with van der Waals surface area (Å²) in [6.07, 6.45) is 6.29. The van der Waals surface area contributed by atoms with Gasteiger partial charge in [-0.3, -0.25) is 9.78 Å². The molecular weight excluding hydrogens is 350 g/mol. The molecule has 0 saturated carbocycles. The molecule has 0 aliphatic carbocycles. The van der Waals surface area contributed by atoms with Crippen molar-refractivity contribution in [2.75, 3.05) is 34.4 Å². The van der Waals surface area contributed by atoms with Crippen molar-refractivity contribution in [1.29, 1.82) is 0 Å². The average Bonchev–Trinajstić information content (AvgIpc) is 2.72. The number of hydrogen-bond acceptors (Lipinski definition) is 7. The second-order valence-electron chi connectivity index (χ2n) is 6.06. The molecule has 1 amide bonds. The molecule has 8 heteroatoms. The number of nitrogens with zero attached hydrogens (tertiary/aromatic N) is 3. The number of carbonyl (C=O) groups is 1. The van der Waals surface area contributed by atoms with Crippen LogP contribution in [-0.2, 0) is 0 Å². The van der Waals surface area contributed by atoms with Gasteiger partial charge in [0.15, 0.2) is 11.5 Å². The summed E-state index contributed by atoms with van der Waals surface area (Å²) in [5.74, 6) is 1.59. The number of carbonyl (C=O) groups excluding carboxylic acids is 1. The Morgan fingerprint density at radius 2 is 1.93 bits per heavy atom. The zero-order valence-corrected chi connectivity index (χ0v) is 15.7. The van der Waals surface area contributed by atoms with E-state index in [2.05, 4.69) is 9.97 Å². The van der Waals surface area contributed by atoms with Crippen LogP contribution in [0.1, 0.15) is 23.2 Å². The van der Waals surface area contributed by atoms with Gasteiger partial charge in [-0.1, -0.05) is 0 Å². The minimum atomic E-state index is -0.139. The normalized spacial score (nSPS) is 16.6. The molecule has 8 nitrogen and oxygen atoms in total. The first-order valence-corrected chi connectivity index (χ1v) is 8.68. The van der Waals surface area contributed by atoms with Gasteiger partial charge in [0, 0.05) is 18.9 Å². The summed E-state index contributed by atoms with van der Waals surface area (Å²) in [6.45, 7) is 1.11. The van der Waals surface area contributed by atoms with E-state index in [9.17, 15) is 4.79 Å². The Hall–Kier alpha value is -3.03. The van der Waals surface area contributed by atoms with Crippen molar-refractivity contribution >= 4 is 5.91 Å². The van der Waals surface area contributed by atoms with E-state index in [0.717, 1.165) is 12.8 Å². The molecule has 1 aliphatic heterocycles. The smallest absolute Gasteiger partial charge is 0.257 e. The van der Waals surface area contributed by atoms with E-state index in [1.807, 2.05) is 0 Å². The molecule has 3 rings (SSSR count). The van der Waals surface area contributed by atoms with E-state index in [1.165, 1.54) is 21.3 Å². The van der Waals surface area contributed by atoms with Crippen molar-refractivity contribution in [1.82, 2.24) is 14.9 Å². The minimum absolute atomic E-state index is 0.134. The van der Waals surface area contributed by atoms with Gasteiger partial charge in [0.1, 0.15) is 6.10 Å². The fourth-order valence-corrected chi connectivity index (χ4v) is 3.18. The molecule has 27 heavy (non-hydrogen) atoms. The van der Waals surface area contributed by atoms with Crippen molar-refractivity contribution in [3.63, 3.8) is 0 Å². The summed E-state index contributed by atoms with van der Waals surface area (Å²) >= 11 is 0. The van der Waals surface area contributed by atoms with Crippen molar-refractivity contribution in [3.8, 4) is 23.1 Å². The first-order valence-electron chi connectivity index (χ1n) is 8.68. The maximum atomic E-state index is 13.1. The van der Waals surface area contributed by atoms with E-state index in [1.54, 1.807) is 35.6 Å². The minimum Gasteiger partial charge on any atom is -0.493 e. The molecule has 2 aromatic rings. The number of methoxy groups -OCH3 is 3. The summed E-state index contributed by atoms with van der Waals surface area (Å²) in [7, 11) is 4.56. The first-order chi connectivity index (χ1) is 13.2. The zero-order chi connectivity index (χ0) is 19.2. The van der Waals surface area contributed by atoms with Gasteiger partial charge >= 0.3 is 0 Å². The summed E-state index contributed by atoms with van der Waals surface area (Å²) < 4.78 is 22.0. The maximum Gasteiger partial charge on any atom is 0.257 e. The average molecular weight is 373 g/mol. The number of benzene rings is 1. The summed E-state index contributed by atoms with van der Waals surface area (Å²) in [5, 5.41) is 0. The van der Waals surface area contributed by atoms with Crippen LogP contribution in [0.3, 0.4) is 0 Å². The lowest BCUT2D eigenvalue weighted by atomic mass is 10.1. The van der Waals surface area contributed by atoms with Crippen LogP contribution >= 0.6 is 0 Å². The highest BCUT2D eigenvalue weighted by Crippen LogP contribution is 2.40. The molecule has 1 saturated heterocycles. The summed E-state index contributed by atoms with van der Waals surface area (Å²) in [5.41, 5.74) is 0.426. The molecular formula is C19H23N3O5. The largest absolute Gasteiger partial charge is 0.493 e. The third-order valence-electron chi connectivity index (χ3n) is 4.43. The van der Waals surface area contributed by atoms with E-state index in [0.29, 0.717) is 41.8 Å². The Bertz CT molecular complexity index is 784. The quantitative estimate of drug-likeness (QED) is 0.767. The van der Waals surface area contributed by atoms with E-state index in [-0.39, 0.29) is 12.0 Å². The van der Waals surface area contributed by atoms with Gasteiger partial charge in [-0.05, 0) is 25.0 Å². The van der Waals surface area contributed by atoms with Gasteiger partial charge in [-0.2, -0.15) is 0 Å². The van der Waals surface area contributed by atoms with Crippen molar-refractivity contribution in [2.45, 2.75) is 18.9 Å². The standard InChI is InChI=1S/C19H23N3O5/c1-24-15-7-6-14(17(25-2)18(15)26-3)19(23)22-10-4-5-13(12-22)27-16-11-20-8-9-21-16/h6-9,11,13H,4-5,10,12H2,1-3H3. The van der Waals surface area contributed by atoms with E-state index in [4.69, 9.17) is 18.9 Å². The van der Waals surface area contributed by atoms with Crippen LogP contribution in [0.4, 0.5) is 0 Å². The van der Waals surface area contributed by atoms with Crippen LogP contribution < -0.4 is 18.9 Å². The highest BCUT2D eigenvalue weighted by molar-refractivity contribution is 5.98. The number of amides is 1. The van der Waals surface area contributed by atoms with Crippen LogP contribution in [0.25, 0.3) is 0 Å². The lowest BCUT2D eigenvalue weighted by molar-refractivity contribution is 0.0523. The number of likely N-dealkylation sites (tertiary alicyclic amines) is 1. The van der Waals surface area contributed by atoms with Crippen LogP contribution in [0.2, 0.25) is 0 Å². The molecule has 1 unspecified atom stereocenters. The van der Waals surface area contributed by atoms with Gasteiger partial charge < -0.3 is 23.8 Å². The van der Waals surface area contributed by atoms with Crippen molar-refractivity contribution < 1.29 is 23.7 Å². The zero-order valence-electron chi connectivity index (χ0n) is 15.7. The molecule has 1 aromatic carbocycles. The predicted molar refractivity (Wildman–Crippen MR) is 97.7 cm³/mol. The Kier molecular flexibility index (Phi) is 5.95. The second-order valence-corrected chi connectivity index (χ2v) is 6.06. The van der Waals surface area contributed by atoms with Gasteiger partial charge in [-0.25, -0.2) is 4.98 Å². The highest BCUT2D eigenvalue weighted by atomic mass is 16.5. The van der Waals surface area contributed by atoms with Crippen molar-refractivity contribution in [3.05, 3.63) is 36.3 Å². The van der Waals surface area contributed by atoms with Gasteiger partial charge in [0.05, 0.1) is 39.6 Å². The first kappa shape index (κ1) is 18.8. The van der Waals surface area contributed by atoms with Crippen molar-refractivity contribution in [2.24, 2.45) is 0 Å². The molecule has 2 heterocycles. The number of rotatable bonds is 6. The van der Waals surface area contributed by atoms with Crippen LogP contribution in [0.5, 0.6) is 23.1 Å². The number of hydrogen-bond donors (Lipinski definition) is 0. The lowest BCUT2D eigenvalue weighted by Crippen LogP contribution is -2.44. The molecule has 0 N–H and O–H groups in total. The van der Waals surface area contributed by atoms with Crippen LogP contribution in [-0.4, -0.2) is 61.3 Å². The van der Waals surface area contributed by atoms with Crippen LogP contribution in [0, 0.1) is 0 Å². The SMILES string of the molecule is COc1ccc(C(=O)N2CCCC(Oc3cnccn3)C2)c(OC)c1OC. The molecule has 1 fully saturated rings. The maximum absolute atomic E-state index is 13.1. The number of piperidine rings is 1. The highest BCUT2D eigenvalue weighted by Gasteiger charge is 2.29. The fraction of sp³-hybridized carbons (Fsp3) is 0.421. The fourth-order valence-electron chi connectivity index (χ4n) is 3.18. The van der Waals surface area contributed by atoms with Gasteiger partial charge in [0.25, 0.3) is 5.91 Å². The molecule has 1 atom stereocenters. The molecule has 144 valence electrons. The van der Waals surface area contributed by atoms with Gasteiger partial charge in [-0.15, -0.1) is 0 Å².